The van der Waals surface area contributed by atoms with E-state index in [-0.39, 0.29) is 0 Å². The van der Waals surface area contributed by atoms with Gasteiger partial charge in [0.1, 0.15) is 0 Å². The lowest BCUT2D eigenvalue weighted by atomic mass is 10.1. The number of likely N-dealkylation sites (N-methyl/N-ethyl adjacent to an activating group) is 1. The van der Waals surface area contributed by atoms with Crippen LogP contribution >= 0.6 is 0 Å². The molecule has 0 amide bonds. The highest BCUT2D eigenvalue weighted by molar-refractivity contribution is 5.78. The molecule has 7 heteroatoms. The maximum atomic E-state index is 5.42. The van der Waals surface area contributed by atoms with Crippen LogP contribution < -0.4 is 4.90 Å². The second-order valence-corrected chi connectivity index (χ2v) is 6.20. The molecule has 0 radical (unpaired) electrons. The van der Waals surface area contributed by atoms with Crippen LogP contribution in [0.4, 0.5) is 5.95 Å². The van der Waals surface area contributed by atoms with Crippen LogP contribution in [0.15, 0.2) is 39.8 Å². The SMILES string of the molecule is CCN1CCN(c2ncc(-c3cc(C)no3)c(-c3ccoc3)n2)CC1. The third kappa shape index (κ3) is 3.15. The summed E-state index contributed by atoms with van der Waals surface area (Å²) in [7, 11) is 0. The summed E-state index contributed by atoms with van der Waals surface area (Å²) in [6.45, 7) is 9.09. The molecular formula is C18H21N5O2. The van der Waals surface area contributed by atoms with Gasteiger partial charge < -0.3 is 18.7 Å². The summed E-state index contributed by atoms with van der Waals surface area (Å²) >= 11 is 0. The van der Waals surface area contributed by atoms with E-state index >= 15 is 0 Å². The van der Waals surface area contributed by atoms with Crippen LogP contribution in [0.2, 0.25) is 0 Å². The Balaban J connectivity index is 1.70. The van der Waals surface area contributed by atoms with Crippen molar-refractivity contribution in [3.63, 3.8) is 0 Å². The minimum absolute atomic E-state index is 0.663. The molecule has 0 spiro atoms. The molecule has 0 atom stereocenters. The highest BCUT2D eigenvalue weighted by Crippen LogP contribution is 2.32. The van der Waals surface area contributed by atoms with E-state index < -0.39 is 0 Å². The highest BCUT2D eigenvalue weighted by Gasteiger charge is 2.21. The van der Waals surface area contributed by atoms with Crippen molar-refractivity contribution in [2.45, 2.75) is 13.8 Å². The Morgan fingerprint density at radius 2 is 2.04 bits per heavy atom. The van der Waals surface area contributed by atoms with Crippen LogP contribution in [0.25, 0.3) is 22.6 Å². The summed E-state index contributed by atoms with van der Waals surface area (Å²) in [4.78, 5) is 14.1. The number of piperazine rings is 1. The van der Waals surface area contributed by atoms with Gasteiger partial charge in [0.2, 0.25) is 5.95 Å². The highest BCUT2D eigenvalue weighted by atomic mass is 16.5. The summed E-state index contributed by atoms with van der Waals surface area (Å²) in [5.41, 5.74) is 3.35. The van der Waals surface area contributed by atoms with Gasteiger partial charge in [0.05, 0.1) is 29.5 Å². The van der Waals surface area contributed by atoms with Crippen LogP contribution in [0.1, 0.15) is 12.6 Å². The maximum absolute atomic E-state index is 5.42. The topological polar surface area (TPSA) is 71.4 Å². The Morgan fingerprint density at radius 1 is 1.20 bits per heavy atom. The van der Waals surface area contributed by atoms with E-state index in [1.807, 2.05) is 25.3 Å². The van der Waals surface area contributed by atoms with Crippen molar-refractivity contribution >= 4 is 5.95 Å². The molecule has 1 aliphatic rings. The van der Waals surface area contributed by atoms with Crippen LogP contribution in [0.3, 0.4) is 0 Å². The average molecular weight is 339 g/mol. The summed E-state index contributed by atoms with van der Waals surface area (Å²) in [6.07, 6.45) is 5.15. The molecule has 0 unspecified atom stereocenters. The Morgan fingerprint density at radius 3 is 2.68 bits per heavy atom. The molecule has 3 aromatic rings. The van der Waals surface area contributed by atoms with E-state index in [1.165, 1.54) is 0 Å². The molecule has 4 heterocycles. The molecule has 3 aromatic heterocycles. The fourth-order valence-corrected chi connectivity index (χ4v) is 3.08. The predicted octanol–water partition coefficient (Wildman–Crippen LogP) is 2.84. The first-order valence-corrected chi connectivity index (χ1v) is 8.55. The molecule has 0 aromatic carbocycles. The molecule has 25 heavy (non-hydrogen) atoms. The molecule has 7 nitrogen and oxygen atoms in total. The van der Waals surface area contributed by atoms with E-state index in [1.54, 1.807) is 12.5 Å². The van der Waals surface area contributed by atoms with E-state index in [9.17, 15) is 0 Å². The van der Waals surface area contributed by atoms with Crippen molar-refractivity contribution in [3.05, 3.63) is 36.5 Å². The number of aryl methyl sites for hydroxylation is 1. The first kappa shape index (κ1) is 15.8. The summed E-state index contributed by atoms with van der Waals surface area (Å²) < 4.78 is 10.7. The normalized spacial score (nSPS) is 15.7. The van der Waals surface area contributed by atoms with E-state index in [2.05, 4.69) is 26.9 Å². The zero-order valence-electron chi connectivity index (χ0n) is 14.5. The third-order valence-electron chi connectivity index (χ3n) is 4.57. The number of hydrogen-bond donors (Lipinski definition) is 0. The molecule has 1 aliphatic heterocycles. The standard InChI is InChI=1S/C18H21N5O2/c1-3-22-5-7-23(8-6-22)18-19-11-15(16-10-13(2)21-25-16)17(20-18)14-4-9-24-12-14/h4,9-12H,3,5-8H2,1-2H3. The van der Waals surface area contributed by atoms with Crippen molar-refractivity contribution in [1.29, 1.82) is 0 Å². The number of anilines is 1. The zero-order chi connectivity index (χ0) is 17.2. The van der Waals surface area contributed by atoms with Crippen molar-refractivity contribution in [1.82, 2.24) is 20.0 Å². The molecule has 130 valence electrons. The predicted molar refractivity (Wildman–Crippen MR) is 94.3 cm³/mol. The van der Waals surface area contributed by atoms with E-state index in [0.717, 1.165) is 61.2 Å². The quantitative estimate of drug-likeness (QED) is 0.724. The van der Waals surface area contributed by atoms with Crippen LogP contribution in [0.5, 0.6) is 0 Å². The second kappa shape index (κ2) is 6.68. The molecule has 4 rings (SSSR count). The van der Waals surface area contributed by atoms with Crippen LogP contribution in [-0.4, -0.2) is 52.7 Å². The zero-order valence-corrected chi connectivity index (χ0v) is 14.5. The maximum Gasteiger partial charge on any atom is 0.225 e. The van der Waals surface area contributed by atoms with Gasteiger partial charge in [0.15, 0.2) is 5.76 Å². The van der Waals surface area contributed by atoms with Gasteiger partial charge >= 0.3 is 0 Å². The molecule has 1 saturated heterocycles. The minimum atomic E-state index is 0.663. The van der Waals surface area contributed by atoms with Crippen molar-refractivity contribution in [3.8, 4) is 22.6 Å². The van der Waals surface area contributed by atoms with Crippen molar-refractivity contribution in [2.24, 2.45) is 0 Å². The number of aromatic nitrogens is 3. The first-order valence-electron chi connectivity index (χ1n) is 8.55. The van der Waals surface area contributed by atoms with Gasteiger partial charge in [-0.15, -0.1) is 0 Å². The number of furan rings is 1. The molecule has 0 saturated carbocycles. The molecule has 0 aliphatic carbocycles. The Hall–Kier alpha value is -2.67. The fourth-order valence-electron chi connectivity index (χ4n) is 3.08. The average Bonchev–Trinajstić information content (AvgIpc) is 3.33. The Bertz CT molecular complexity index is 835. The van der Waals surface area contributed by atoms with Crippen LogP contribution in [0, 0.1) is 6.92 Å². The fraction of sp³-hybridized carbons (Fsp3) is 0.389. The Labute approximate surface area is 146 Å². The molecular weight excluding hydrogens is 318 g/mol. The third-order valence-corrected chi connectivity index (χ3v) is 4.57. The summed E-state index contributed by atoms with van der Waals surface area (Å²) in [5.74, 6) is 1.41. The van der Waals surface area contributed by atoms with Gasteiger partial charge in [-0.1, -0.05) is 12.1 Å². The van der Waals surface area contributed by atoms with Gasteiger partial charge in [0.25, 0.3) is 0 Å². The lowest BCUT2D eigenvalue weighted by Gasteiger charge is -2.34. The molecule has 0 bridgehead atoms. The monoisotopic (exact) mass is 339 g/mol. The Kier molecular flexibility index (Phi) is 4.23. The molecule has 0 N–H and O–H groups in total. The van der Waals surface area contributed by atoms with Crippen molar-refractivity contribution in [2.75, 3.05) is 37.6 Å². The smallest absolute Gasteiger partial charge is 0.225 e. The number of hydrogen-bond acceptors (Lipinski definition) is 7. The van der Waals surface area contributed by atoms with Gasteiger partial charge in [-0.05, 0) is 19.5 Å². The minimum Gasteiger partial charge on any atom is -0.472 e. The van der Waals surface area contributed by atoms with E-state index in [0.29, 0.717) is 5.76 Å². The van der Waals surface area contributed by atoms with E-state index in [4.69, 9.17) is 13.9 Å². The summed E-state index contributed by atoms with van der Waals surface area (Å²) in [6, 6.07) is 3.79. The molecule has 1 fully saturated rings. The summed E-state index contributed by atoms with van der Waals surface area (Å²) in [5, 5.41) is 3.98. The first-order chi connectivity index (χ1) is 12.2. The van der Waals surface area contributed by atoms with Gasteiger partial charge in [-0.25, -0.2) is 9.97 Å². The van der Waals surface area contributed by atoms with Crippen LogP contribution in [-0.2, 0) is 0 Å². The lowest BCUT2D eigenvalue weighted by Crippen LogP contribution is -2.46. The number of rotatable bonds is 4. The van der Waals surface area contributed by atoms with Gasteiger partial charge in [-0.2, -0.15) is 0 Å². The van der Waals surface area contributed by atoms with Crippen molar-refractivity contribution < 1.29 is 8.94 Å². The largest absolute Gasteiger partial charge is 0.472 e. The second-order valence-electron chi connectivity index (χ2n) is 6.20. The lowest BCUT2D eigenvalue weighted by molar-refractivity contribution is 0.270. The number of nitrogens with zero attached hydrogens (tertiary/aromatic N) is 5. The van der Waals surface area contributed by atoms with Gasteiger partial charge in [0, 0.05) is 44.0 Å². The van der Waals surface area contributed by atoms with Gasteiger partial charge in [-0.3, -0.25) is 0 Å².